The van der Waals surface area contributed by atoms with Crippen LogP contribution in [0.4, 0.5) is 0 Å². The summed E-state index contributed by atoms with van der Waals surface area (Å²) in [6.07, 6.45) is 0. The number of methoxy groups -OCH3 is 1. The number of ketones is 2. The van der Waals surface area contributed by atoms with E-state index in [4.69, 9.17) is 4.74 Å². The molecule has 0 heterocycles. The van der Waals surface area contributed by atoms with Crippen LogP contribution in [-0.4, -0.2) is 43.6 Å². The molecule has 0 aromatic heterocycles. The van der Waals surface area contributed by atoms with Crippen LogP contribution in [0.25, 0.3) is 0 Å². The Morgan fingerprint density at radius 3 is 2.00 bits per heavy atom. The Kier molecular flexibility index (Phi) is 3.92. The summed E-state index contributed by atoms with van der Waals surface area (Å²) in [7, 11) is 4.56. The van der Waals surface area contributed by atoms with Crippen molar-refractivity contribution in [2.45, 2.75) is 13.8 Å². The Morgan fingerprint density at radius 1 is 1.05 bits per heavy atom. The first kappa shape index (κ1) is 15.9. The lowest BCUT2D eigenvalue weighted by molar-refractivity contribution is -0.135. The van der Waals surface area contributed by atoms with Crippen LogP contribution in [0.15, 0.2) is 35.6 Å². The average molecular weight is 301 g/mol. The number of fused-ring (bicyclic) bond motifs is 1. The quantitative estimate of drug-likeness (QED) is 0.857. The fourth-order valence-corrected chi connectivity index (χ4v) is 2.78. The Labute approximate surface area is 129 Å². The molecule has 0 saturated heterocycles. The maximum atomic E-state index is 12.8. The molecule has 0 unspecified atom stereocenters. The largest absolute Gasteiger partial charge is 0.492 e. The molecule has 116 valence electrons. The third kappa shape index (κ3) is 2.22. The van der Waals surface area contributed by atoms with Gasteiger partial charge in [-0.05, 0) is 13.8 Å². The minimum atomic E-state index is -1.16. The average Bonchev–Trinajstić information content (AvgIpc) is 2.49. The van der Waals surface area contributed by atoms with E-state index in [9.17, 15) is 14.4 Å². The van der Waals surface area contributed by atoms with E-state index < -0.39 is 5.41 Å². The molecular formula is C17H19NO4. The van der Waals surface area contributed by atoms with Crippen molar-refractivity contribution >= 4 is 17.5 Å². The molecule has 1 aliphatic carbocycles. The molecule has 1 aromatic carbocycles. The first-order valence-electron chi connectivity index (χ1n) is 6.92. The topological polar surface area (TPSA) is 63.7 Å². The Bertz CT molecular complexity index is 698. The molecule has 0 aliphatic heterocycles. The zero-order valence-corrected chi connectivity index (χ0v) is 13.4. The predicted molar refractivity (Wildman–Crippen MR) is 81.6 cm³/mol. The molecule has 1 aliphatic rings. The van der Waals surface area contributed by atoms with Gasteiger partial charge in [0.2, 0.25) is 11.7 Å². The van der Waals surface area contributed by atoms with Gasteiger partial charge in [-0.3, -0.25) is 14.4 Å². The van der Waals surface area contributed by atoms with E-state index in [1.165, 1.54) is 12.0 Å². The second-order valence-corrected chi connectivity index (χ2v) is 5.94. The van der Waals surface area contributed by atoms with Gasteiger partial charge in [0.15, 0.2) is 11.5 Å². The van der Waals surface area contributed by atoms with E-state index in [-0.39, 0.29) is 28.8 Å². The van der Waals surface area contributed by atoms with Crippen LogP contribution >= 0.6 is 0 Å². The Hall–Kier alpha value is -2.43. The minimum Gasteiger partial charge on any atom is -0.492 e. The number of Topliss-reactive ketones (excluding diaryl/α,β-unsaturated/α-hetero) is 2. The lowest BCUT2D eigenvalue weighted by Gasteiger charge is -2.32. The summed E-state index contributed by atoms with van der Waals surface area (Å²) in [5, 5.41) is 0. The summed E-state index contributed by atoms with van der Waals surface area (Å²) in [6.45, 7) is 3.26. The molecular weight excluding hydrogens is 282 g/mol. The van der Waals surface area contributed by atoms with Gasteiger partial charge < -0.3 is 9.64 Å². The monoisotopic (exact) mass is 301 g/mol. The molecule has 5 nitrogen and oxygen atoms in total. The summed E-state index contributed by atoms with van der Waals surface area (Å²) >= 11 is 0. The molecule has 22 heavy (non-hydrogen) atoms. The molecule has 0 N–H and O–H groups in total. The van der Waals surface area contributed by atoms with Crippen molar-refractivity contribution in [2.24, 2.45) is 5.41 Å². The summed E-state index contributed by atoms with van der Waals surface area (Å²) in [5.41, 5.74) is -0.434. The lowest BCUT2D eigenvalue weighted by Crippen LogP contribution is -2.42. The van der Waals surface area contributed by atoms with Gasteiger partial charge in [0.1, 0.15) is 0 Å². The number of hydrogen-bond acceptors (Lipinski definition) is 4. The van der Waals surface area contributed by atoms with Gasteiger partial charge in [-0.25, -0.2) is 0 Å². The standard InChI is InChI=1S/C17H19NO4/c1-17(2,16(21)18(3)4)12-13(19)10-8-6-7-9-11(10)14(20)15(12)22-5/h6-9H,1-5H3. The highest BCUT2D eigenvalue weighted by atomic mass is 16.5. The van der Waals surface area contributed by atoms with Gasteiger partial charge in [-0.15, -0.1) is 0 Å². The number of nitrogens with zero attached hydrogens (tertiary/aromatic N) is 1. The van der Waals surface area contributed by atoms with E-state index in [0.717, 1.165) is 0 Å². The van der Waals surface area contributed by atoms with Crippen molar-refractivity contribution in [3.63, 3.8) is 0 Å². The summed E-state index contributed by atoms with van der Waals surface area (Å²) in [5.74, 6) is -1.03. The van der Waals surface area contributed by atoms with Crippen molar-refractivity contribution in [1.29, 1.82) is 0 Å². The Balaban J connectivity index is 2.70. The maximum Gasteiger partial charge on any atom is 0.232 e. The molecule has 1 aromatic rings. The van der Waals surface area contributed by atoms with Gasteiger partial charge >= 0.3 is 0 Å². The number of allylic oxidation sites excluding steroid dienone is 1. The molecule has 0 bridgehead atoms. The summed E-state index contributed by atoms with van der Waals surface area (Å²) < 4.78 is 5.20. The van der Waals surface area contributed by atoms with Crippen LogP contribution in [0.1, 0.15) is 34.6 Å². The van der Waals surface area contributed by atoms with E-state index in [0.29, 0.717) is 11.1 Å². The highest BCUT2D eigenvalue weighted by Crippen LogP contribution is 2.38. The number of rotatable bonds is 3. The zero-order chi connectivity index (χ0) is 16.7. The molecule has 0 atom stereocenters. The van der Waals surface area contributed by atoms with Gasteiger partial charge in [0.25, 0.3) is 0 Å². The predicted octanol–water partition coefficient (Wildman–Crippen LogP) is 2.08. The number of carbonyl (C=O) groups excluding carboxylic acids is 3. The Morgan fingerprint density at radius 2 is 1.55 bits per heavy atom. The summed E-state index contributed by atoms with van der Waals surface area (Å²) in [4.78, 5) is 39.3. The number of benzene rings is 1. The fraction of sp³-hybridized carbons (Fsp3) is 0.353. The van der Waals surface area contributed by atoms with E-state index in [1.807, 2.05) is 0 Å². The molecule has 1 amide bonds. The smallest absolute Gasteiger partial charge is 0.232 e. The van der Waals surface area contributed by atoms with Crippen LogP contribution in [-0.2, 0) is 9.53 Å². The van der Waals surface area contributed by atoms with Gasteiger partial charge in [0, 0.05) is 25.2 Å². The molecule has 2 rings (SSSR count). The second-order valence-electron chi connectivity index (χ2n) is 5.94. The number of ether oxygens (including phenoxy) is 1. The van der Waals surface area contributed by atoms with Crippen molar-refractivity contribution in [3.05, 3.63) is 46.7 Å². The first-order valence-corrected chi connectivity index (χ1v) is 6.92. The van der Waals surface area contributed by atoms with Crippen molar-refractivity contribution in [3.8, 4) is 0 Å². The van der Waals surface area contributed by atoms with Crippen LogP contribution < -0.4 is 0 Å². The van der Waals surface area contributed by atoms with E-state index in [2.05, 4.69) is 0 Å². The number of hydrogen-bond donors (Lipinski definition) is 0. The van der Waals surface area contributed by atoms with E-state index in [1.54, 1.807) is 52.2 Å². The molecule has 5 heteroatoms. The number of amides is 1. The van der Waals surface area contributed by atoms with Crippen LogP contribution in [0.5, 0.6) is 0 Å². The van der Waals surface area contributed by atoms with Crippen LogP contribution in [0, 0.1) is 5.41 Å². The van der Waals surface area contributed by atoms with Crippen molar-refractivity contribution in [1.82, 2.24) is 4.90 Å². The highest BCUT2D eigenvalue weighted by molar-refractivity contribution is 6.27. The van der Waals surface area contributed by atoms with Gasteiger partial charge in [0.05, 0.1) is 18.1 Å². The molecule has 0 fully saturated rings. The molecule has 0 saturated carbocycles. The fourth-order valence-electron chi connectivity index (χ4n) is 2.78. The highest BCUT2D eigenvalue weighted by Gasteiger charge is 2.45. The zero-order valence-electron chi connectivity index (χ0n) is 13.4. The lowest BCUT2D eigenvalue weighted by atomic mass is 9.74. The van der Waals surface area contributed by atoms with Crippen molar-refractivity contribution < 1.29 is 19.1 Å². The van der Waals surface area contributed by atoms with Gasteiger partial charge in [-0.1, -0.05) is 24.3 Å². The number of carbonyl (C=O) groups is 3. The van der Waals surface area contributed by atoms with E-state index >= 15 is 0 Å². The third-order valence-electron chi connectivity index (χ3n) is 3.85. The second kappa shape index (κ2) is 5.40. The van der Waals surface area contributed by atoms with Crippen LogP contribution in [0.2, 0.25) is 0 Å². The third-order valence-corrected chi connectivity index (χ3v) is 3.85. The summed E-state index contributed by atoms with van der Waals surface area (Å²) in [6, 6.07) is 6.57. The maximum absolute atomic E-state index is 12.8. The normalized spacial score (nSPS) is 14.8. The van der Waals surface area contributed by atoms with Gasteiger partial charge in [-0.2, -0.15) is 0 Å². The van der Waals surface area contributed by atoms with Crippen LogP contribution in [0.3, 0.4) is 0 Å². The molecule has 0 spiro atoms. The molecule has 0 radical (unpaired) electrons. The first-order chi connectivity index (χ1) is 10.2. The minimum absolute atomic E-state index is 0.0519. The van der Waals surface area contributed by atoms with Crippen molar-refractivity contribution in [2.75, 3.05) is 21.2 Å². The SMILES string of the molecule is COC1=C(C(C)(C)C(=O)N(C)C)C(=O)c2ccccc2C1=O.